The van der Waals surface area contributed by atoms with Crippen molar-refractivity contribution in [1.82, 2.24) is 4.90 Å². The van der Waals surface area contributed by atoms with Crippen LogP contribution in [0, 0.1) is 5.82 Å². The van der Waals surface area contributed by atoms with Gasteiger partial charge in [0.2, 0.25) is 0 Å². The molecule has 3 aromatic rings. The Kier molecular flexibility index (Phi) is 5.18. The molecule has 0 atom stereocenters. The van der Waals surface area contributed by atoms with E-state index in [2.05, 4.69) is 0 Å². The van der Waals surface area contributed by atoms with Crippen LogP contribution in [0.4, 0.5) is 4.39 Å². The van der Waals surface area contributed by atoms with Crippen molar-refractivity contribution in [3.05, 3.63) is 64.8 Å². The van der Waals surface area contributed by atoms with E-state index in [1.807, 2.05) is 6.07 Å². The zero-order valence-electron chi connectivity index (χ0n) is 14.9. The van der Waals surface area contributed by atoms with Gasteiger partial charge in [-0.15, -0.1) is 11.3 Å². The third-order valence-electron chi connectivity index (χ3n) is 4.64. The lowest BCUT2D eigenvalue weighted by Crippen LogP contribution is -2.40. The normalized spacial score (nSPS) is 15.1. The third-order valence-corrected chi connectivity index (χ3v) is 7.46. The van der Waals surface area contributed by atoms with Gasteiger partial charge in [-0.25, -0.2) is 12.8 Å². The second-order valence-electron chi connectivity index (χ2n) is 6.57. The number of ether oxygens (including phenoxy) is 1. The number of carbonyl (C=O) groups is 1. The van der Waals surface area contributed by atoms with Gasteiger partial charge in [0.15, 0.2) is 9.84 Å². The Morgan fingerprint density at radius 2 is 1.82 bits per heavy atom. The molecule has 1 aliphatic heterocycles. The van der Waals surface area contributed by atoms with Crippen molar-refractivity contribution in [3.63, 3.8) is 0 Å². The quantitative estimate of drug-likeness (QED) is 0.650. The summed E-state index contributed by atoms with van der Waals surface area (Å²) in [6.07, 6.45) is 0. The summed E-state index contributed by atoms with van der Waals surface area (Å²) in [6, 6.07) is 12.1. The molecule has 2 heterocycles. The highest BCUT2D eigenvalue weighted by Gasteiger charge is 2.24. The average molecular weight is 419 g/mol. The maximum atomic E-state index is 13.1. The number of amides is 1. The van der Waals surface area contributed by atoms with Crippen molar-refractivity contribution < 1.29 is 22.3 Å². The second kappa shape index (κ2) is 7.62. The minimum atomic E-state index is -3.65. The first-order valence-electron chi connectivity index (χ1n) is 8.81. The number of benzene rings is 2. The fourth-order valence-corrected chi connectivity index (χ4v) is 5.91. The molecule has 2 aromatic carbocycles. The first-order valence-corrected chi connectivity index (χ1v) is 11.3. The van der Waals surface area contributed by atoms with Crippen LogP contribution in [0.5, 0.6) is 0 Å². The first kappa shape index (κ1) is 19.0. The number of carbonyl (C=O) groups excluding carboxylic acids is 1. The molecule has 1 aromatic heterocycles. The summed E-state index contributed by atoms with van der Waals surface area (Å²) in [4.78, 5) is 15.2. The molecule has 4 rings (SSSR count). The minimum Gasteiger partial charge on any atom is -0.378 e. The van der Waals surface area contributed by atoms with E-state index < -0.39 is 15.7 Å². The number of halogens is 1. The smallest absolute Gasteiger partial charge is 0.264 e. The maximum absolute atomic E-state index is 13.1. The van der Waals surface area contributed by atoms with Crippen molar-refractivity contribution in [2.24, 2.45) is 0 Å². The molecule has 0 N–H and O–H groups in total. The molecule has 28 heavy (non-hydrogen) atoms. The van der Waals surface area contributed by atoms with Crippen LogP contribution in [-0.2, 0) is 20.3 Å². The van der Waals surface area contributed by atoms with Gasteiger partial charge < -0.3 is 9.64 Å². The predicted octanol–water partition coefficient (Wildman–Crippen LogP) is 3.49. The Labute approximate surface area is 166 Å². The lowest BCUT2D eigenvalue weighted by molar-refractivity contribution is 0.0306. The predicted molar refractivity (Wildman–Crippen MR) is 106 cm³/mol. The molecular weight excluding hydrogens is 401 g/mol. The fraction of sp³-hybridized carbons (Fsp3) is 0.250. The van der Waals surface area contributed by atoms with Gasteiger partial charge in [0.25, 0.3) is 5.91 Å². The van der Waals surface area contributed by atoms with Gasteiger partial charge in [-0.2, -0.15) is 0 Å². The summed E-state index contributed by atoms with van der Waals surface area (Å²) in [7, 11) is -3.65. The molecule has 5 nitrogen and oxygen atoms in total. The SMILES string of the molecule is O=C(c1cc2c(S(=O)(=O)Cc3ccc(F)cc3)cccc2s1)N1CCOCC1. The maximum Gasteiger partial charge on any atom is 0.264 e. The number of fused-ring (bicyclic) bond motifs is 1. The Bertz CT molecular complexity index is 1120. The number of morpholine rings is 1. The minimum absolute atomic E-state index is 0.105. The van der Waals surface area contributed by atoms with Crippen molar-refractivity contribution in [1.29, 1.82) is 0 Å². The Morgan fingerprint density at radius 1 is 1.11 bits per heavy atom. The number of thiophene rings is 1. The number of hydrogen-bond donors (Lipinski definition) is 0. The molecule has 1 fully saturated rings. The van der Waals surface area contributed by atoms with Crippen LogP contribution >= 0.6 is 11.3 Å². The second-order valence-corrected chi connectivity index (χ2v) is 9.61. The highest BCUT2D eigenvalue weighted by molar-refractivity contribution is 7.91. The van der Waals surface area contributed by atoms with Crippen molar-refractivity contribution in [3.8, 4) is 0 Å². The summed E-state index contributed by atoms with van der Waals surface area (Å²) in [5.41, 5.74) is 0.512. The van der Waals surface area contributed by atoms with Gasteiger partial charge in [0.1, 0.15) is 5.82 Å². The summed E-state index contributed by atoms with van der Waals surface area (Å²) in [5.74, 6) is -0.742. The van der Waals surface area contributed by atoms with Crippen molar-refractivity contribution >= 4 is 37.2 Å². The van der Waals surface area contributed by atoms with Gasteiger partial charge >= 0.3 is 0 Å². The van der Waals surface area contributed by atoms with E-state index in [9.17, 15) is 17.6 Å². The number of nitrogens with zero attached hydrogens (tertiary/aromatic N) is 1. The van der Waals surface area contributed by atoms with E-state index in [1.165, 1.54) is 35.6 Å². The molecule has 1 aliphatic rings. The number of hydrogen-bond acceptors (Lipinski definition) is 5. The molecule has 1 amide bonds. The van der Waals surface area contributed by atoms with Crippen molar-refractivity contribution in [2.75, 3.05) is 26.3 Å². The molecule has 0 unspecified atom stereocenters. The third kappa shape index (κ3) is 3.80. The van der Waals surface area contributed by atoms with E-state index in [0.717, 1.165) is 4.70 Å². The zero-order valence-corrected chi connectivity index (χ0v) is 16.6. The molecule has 8 heteroatoms. The van der Waals surface area contributed by atoms with E-state index in [0.29, 0.717) is 42.1 Å². The number of sulfone groups is 1. The lowest BCUT2D eigenvalue weighted by atomic mass is 10.2. The van der Waals surface area contributed by atoms with Crippen LogP contribution < -0.4 is 0 Å². The van der Waals surface area contributed by atoms with Gasteiger partial charge in [0.05, 0.1) is 28.7 Å². The van der Waals surface area contributed by atoms with Crippen molar-refractivity contribution in [2.45, 2.75) is 10.6 Å². The largest absolute Gasteiger partial charge is 0.378 e. The molecule has 146 valence electrons. The summed E-state index contributed by atoms with van der Waals surface area (Å²) >= 11 is 1.29. The molecule has 1 saturated heterocycles. The molecule has 0 spiro atoms. The first-order chi connectivity index (χ1) is 13.4. The van der Waals surface area contributed by atoms with Gasteiger partial charge in [0, 0.05) is 23.2 Å². The molecular formula is C20H18FNO4S2. The molecule has 0 saturated carbocycles. The zero-order chi connectivity index (χ0) is 19.7. The van der Waals surface area contributed by atoms with E-state index in [-0.39, 0.29) is 16.6 Å². The van der Waals surface area contributed by atoms with Crippen LogP contribution in [-0.4, -0.2) is 45.5 Å². The van der Waals surface area contributed by atoms with Crippen LogP contribution in [0.1, 0.15) is 15.2 Å². The van der Waals surface area contributed by atoms with Crippen LogP contribution in [0.3, 0.4) is 0 Å². The highest BCUT2D eigenvalue weighted by Crippen LogP contribution is 2.33. The Hall–Kier alpha value is -2.29. The van der Waals surface area contributed by atoms with Crippen LogP contribution in [0.25, 0.3) is 10.1 Å². The average Bonchev–Trinajstić information content (AvgIpc) is 3.14. The summed E-state index contributed by atoms with van der Waals surface area (Å²) in [6.45, 7) is 2.08. The van der Waals surface area contributed by atoms with E-state index >= 15 is 0 Å². The van der Waals surface area contributed by atoms with Crippen LogP contribution in [0.15, 0.2) is 53.4 Å². The lowest BCUT2D eigenvalue weighted by Gasteiger charge is -2.26. The fourth-order valence-electron chi connectivity index (χ4n) is 3.21. The van der Waals surface area contributed by atoms with E-state index in [1.54, 1.807) is 23.1 Å². The Morgan fingerprint density at radius 3 is 2.54 bits per heavy atom. The Balaban J connectivity index is 1.68. The van der Waals surface area contributed by atoms with Gasteiger partial charge in [-0.3, -0.25) is 4.79 Å². The van der Waals surface area contributed by atoms with Crippen LogP contribution in [0.2, 0.25) is 0 Å². The van der Waals surface area contributed by atoms with Gasteiger partial charge in [-0.1, -0.05) is 18.2 Å². The molecule has 0 radical (unpaired) electrons. The standard InChI is InChI=1S/C20H18FNO4S2/c21-15-6-4-14(5-7-15)13-28(24,25)19-3-1-2-17-16(19)12-18(27-17)20(23)22-8-10-26-11-9-22/h1-7,12H,8-11,13H2. The molecule has 0 aliphatic carbocycles. The van der Waals surface area contributed by atoms with Gasteiger partial charge in [-0.05, 0) is 35.9 Å². The summed E-state index contributed by atoms with van der Waals surface area (Å²) in [5, 5.41) is 0.547. The topological polar surface area (TPSA) is 63.7 Å². The summed E-state index contributed by atoms with van der Waals surface area (Å²) < 4.78 is 45.1. The molecule has 0 bridgehead atoms. The highest BCUT2D eigenvalue weighted by atomic mass is 32.2. The number of rotatable bonds is 4. The van der Waals surface area contributed by atoms with E-state index in [4.69, 9.17) is 4.74 Å². The monoisotopic (exact) mass is 419 g/mol.